The summed E-state index contributed by atoms with van der Waals surface area (Å²) >= 11 is 6.53. The van der Waals surface area contributed by atoms with Gasteiger partial charge in [0.1, 0.15) is 11.6 Å². The molecule has 10 nitrogen and oxygen atoms in total. The number of carbonyl (C=O) groups excluding carboxylic acids is 2. The molecule has 5 rings (SSSR count). The molecule has 1 aliphatic carbocycles. The van der Waals surface area contributed by atoms with Crippen molar-refractivity contribution in [2.24, 2.45) is 0 Å². The van der Waals surface area contributed by atoms with Gasteiger partial charge in [0.15, 0.2) is 5.54 Å². The second kappa shape index (κ2) is 11.4. The Hall–Kier alpha value is -4.66. The summed E-state index contributed by atoms with van der Waals surface area (Å²) in [6.07, 6.45) is -0.705. The minimum Gasteiger partial charge on any atom is -0.352 e. The first-order valence-corrected chi connectivity index (χ1v) is 15.1. The van der Waals surface area contributed by atoms with E-state index < -0.39 is 76.1 Å². The Morgan fingerprint density at radius 3 is 2.43 bits per heavy atom. The molecule has 15 heteroatoms. The number of halogens is 4. The molecule has 1 unspecified atom stereocenters. The second-order valence-electron chi connectivity index (χ2n) is 10.5. The number of anilines is 2. The van der Waals surface area contributed by atoms with Gasteiger partial charge in [-0.3, -0.25) is 9.59 Å². The van der Waals surface area contributed by atoms with Crippen LogP contribution in [0.5, 0.6) is 0 Å². The number of hydrogen-bond acceptors (Lipinski definition) is 7. The zero-order valence-electron chi connectivity index (χ0n) is 22.6. The summed E-state index contributed by atoms with van der Waals surface area (Å²) in [5, 5.41) is 23.7. The number of pyridine rings is 1. The van der Waals surface area contributed by atoms with E-state index in [1.165, 1.54) is 30.3 Å². The molecule has 2 aliphatic rings. The van der Waals surface area contributed by atoms with Crippen LogP contribution < -0.4 is 14.9 Å². The van der Waals surface area contributed by atoms with Crippen molar-refractivity contribution in [2.45, 2.75) is 42.7 Å². The highest BCUT2D eigenvalue weighted by atomic mass is 35.5. The topological polar surface area (TPSA) is 156 Å². The molecule has 2 amide bonds. The quantitative estimate of drug-likeness (QED) is 0.391. The van der Waals surface area contributed by atoms with Gasteiger partial charge in [-0.05, 0) is 48.4 Å². The van der Waals surface area contributed by atoms with Gasteiger partial charge in [-0.2, -0.15) is 10.5 Å². The average Bonchev–Trinajstić information content (AvgIpc) is 3.24. The number of nitrogens with zero attached hydrogens (tertiary/aromatic N) is 4. The molecule has 0 radical (unpaired) electrons. The lowest BCUT2D eigenvalue weighted by Gasteiger charge is -2.43. The smallest absolute Gasteiger partial charge is 0.252 e. The second-order valence-corrected chi connectivity index (χ2v) is 12.8. The van der Waals surface area contributed by atoms with Crippen molar-refractivity contribution < 1.29 is 31.2 Å². The van der Waals surface area contributed by atoms with Gasteiger partial charge in [0.2, 0.25) is 15.9 Å². The van der Waals surface area contributed by atoms with Crippen LogP contribution in [0.4, 0.5) is 24.7 Å². The van der Waals surface area contributed by atoms with Gasteiger partial charge in [0.05, 0.1) is 34.9 Å². The Morgan fingerprint density at radius 2 is 1.77 bits per heavy atom. The fourth-order valence-corrected chi connectivity index (χ4v) is 7.77. The molecule has 2 heterocycles. The van der Waals surface area contributed by atoms with Crippen LogP contribution >= 0.6 is 11.6 Å². The van der Waals surface area contributed by atoms with Crippen molar-refractivity contribution in [2.75, 3.05) is 15.4 Å². The molecule has 226 valence electrons. The van der Waals surface area contributed by atoms with Crippen molar-refractivity contribution in [1.82, 2.24) is 10.3 Å². The highest BCUT2D eigenvalue weighted by molar-refractivity contribution is 7.93. The number of aromatic nitrogens is 1. The Bertz CT molecular complexity index is 1850. The summed E-state index contributed by atoms with van der Waals surface area (Å²) < 4.78 is 69.9. The molecule has 1 saturated carbocycles. The number of rotatable bonds is 7. The third-order valence-corrected chi connectivity index (χ3v) is 9.67. The van der Waals surface area contributed by atoms with Crippen molar-refractivity contribution >= 4 is 44.9 Å². The SMILES string of the molecule is N#Cc1cc(F)cc(NC(=O)C2([C@H](C(=O)NC3CC(F)(F)C3)c3ccccc3Cl)CCS(=O)(=O)N2c2cc(C#N)ccn2)c1. The molecule has 2 aromatic carbocycles. The third-order valence-electron chi connectivity index (χ3n) is 7.53. The number of benzene rings is 2. The molecule has 3 aromatic rings. The van der Waals surface area contributed by atoms with Crippen LogP contribution in [0.3, 0.4) is 0 Å². The van der Waals surface area contributed by atoms with Crippen molar-refractivity contribution in [1.29, 1.82) is 10.5 Å². The van der Waals surface area contributed by atoms with E-state index in [-0.39, 0.29) is 33.2 Å². The lowest BCUT2D eigenvalue weighted by atomic mass is 9.74. The van der Waals surface area contributed by atoms with Crippen LogP contribution in [0.25, 0.3) is 0 Å². The van der Waals surface area contributed by atoms with Gasteiger partial charge in [0.25, 0.3) is 11.8 Å². The van der Waals surface area contributed by atoms with E-state index >= 15 is 0 Å². The monoisotopic (exact) mass is 642 g/mol. The van der Waals surface area contributed by atoms with Crippen LogP contribution in [-0.2, 0) is 19.6 Å². The fraction of sp³-hybridized carbons (Fsp3) is 0.276. The standard InChI is InChI=1S/C29H22ClF3N6O4S/c30-23-4-2-1-3-22(23)25(26(40)37-21-13-28(32,33)14-21)29(27(41)38-20-10-18(16-35)9-19(31)12-20)6-8-44(42,43)39(29)24-11-17(15-34)5-7-36-24/h1-5,7,9-12,21,25H,6,8,13-14H2,(H,37,40)(H,38,41)/t25-,29?/m0/s1. The summed E-state index contributed by atoms with van der Waals surface area (Å²) in [7, 11) is -4.44. The molecule has 44 heavy (non-hydrogen) atoms. The molecule has 1 aliphatic heterocycles. The Morgan fingerprint density at radius 1 is 1.07 bits per heavy atom. The highest BCUT2D eigenvalue weighted by Crippen LogP contribution is 2.48. The molecular weight excluding hydrogens is 621 g/mol. The third kappa shape index (κ3) is 5.66. The predicted molar refractivity (Wildman–Crippen MR) is 153 cm³/mol. The summed E-state index contributed by atoms with van der Waals surface area (Å²) in [4.78, 5) is 32.8. The first kappa shape index (κ1) is 30.8. The van der Waals surface area contributed by atoms with Crippen LogP contribution in [0.15, 0.2) is 60.8 Å². The largest absolute Gasteiger partial charge is 0.352 e. The van der Waals surface area contributed by atoms with Crippen LogP contribution in [-0.4, -0.2) is 48.5 Å². The number of nitrogens with one attached hydrogen (secondary N) is 2. The van der Waals surface area contributed by atoms with Gasteiger partial charge in [-0.1, -0.05) is 29.8 Å². The normalized spacial score (nSPS) is 20.9. The Labute approximate surface area is 255 Å². The van der Waals surface area contributed by atoms with Crippen molar-refractivity contribution in [3.63, 3.8) is 0 Å². The van der Waals surface area contributed by atoms with Crippen molar-refractivity contribution in [3.05, 3.63) is 88.3 Å². The molecule has 1 saturated heterocycles. The van der Waals surface area contributed by atoms with E-state index in [9.17, 15) is 41.7 Å². The van der Waals surface area contributed by atoms with E-state index in [1.54, 1.807) is 6.07 Å². The predicted octanol–water partition coefficient (Wildman–Crippen LogP) is 4.23. The maximum Gasteiger partial charge on any atom is 0.252 e. The lowest BCUT2D eigenvalue weighted by Crippen LogP contribution is -2.63. The summed E-state index contributed by atoms with van der Waals surface area (Å²) in [6.45, 7) is 0. The zero-order chi connectivity index (χ0) is 31.9. The molecule has 1 aromatic heterocycles. The number of sulfonamides is 1. The van der Waals surface area contributed by atoms with Gasteiger partial charge in [-0.25, -0.2) is 30.9 Å². The Balaban J connectivity index is 1.75. The van der Waals surface area contributed by atoms with E-state index in [1.807, 2.05) is 6.07 Å². The van der Waals surface area contributed by atoms with Gasteiger partial charge in [0, 0.05) is 35.8 Å². The minimum absolute atomic E-state index is 0.00314. The molecule has 2 N–H and O–H groups in total. The van der Waals surface area contributed by atoms with Crippen LogP contribution in [0, 0.1) is 28.5 Å². The first-order chi connectivity index (χ1) is 20.8. The van der Waals surface area contributed by atoms with E-state index in [2.05, 4.69) is 15.6 Å². The lowest BCUT2D eigenvalue weighted by molar-refractivity contribution is -0.135. The molecular formula is C29H22ClF3N6O4S. The van der Waals surface area contributed by atoms with Gasteiger partial charge < -0.3 is 10.6 Å². The molecule has 2 atom stereocenters. The number of carbonyl (C=O) groups is 2. The number of amides is 2. The van der Waals surface area contributed by atoms with E-state index in [0.29, 0.717) is 4.31 Å². The Kier molecular flexibility index (Phi) is 8.01. The van der Waals surface area contributed by atoms with Crippen molar-refractivity contribution in [3.8, 4) is 12.1 Å². The minimum atomic E-state index is -4.44. The molecule has 0 spiro atoms. The van der Waals surface area contributed by atoms with E-state index in [4.69, 9.17) is 11.6 Å². The first-order valence-electron chi connectivity index (χ1n) is 13.1. The number of hydrogen-bond donors (Lipinski definition) is 2. The average molecular weight is 643 g/mol. The van der Waals surface area contributed by atoms with Crippen LogP contribution in [0.1, 0.15) is 41.9 Å². The number of alkyl halides is 2. The zero-order valence-corrected chi connectivity index (χ0v) is 24.2. The highest BCUT2D eigenvalue weighted by Gasteiger charge is 2.63. The van der Waals surface area contributed by atoms with Crippen LogP contribution in [0.2, 0.25) is 5.02 Å². The summed E-state index contributed by atoms with van der Waals surface area (Å²) in [5.74, 6) is -8.75. The maximum absolute atomic E-state index is 14.5. The van der Waals surface area contributed by atoms with Gasteiger partial charge in [-0.15, -0.1) is 0 Å². The number of nitriles is 2. The van der Waals surface area contributed by atoms with Gasteiger partial charge >= 0.3 is 0 Å². The summed E-state index contributed by atoms with van der Waals surface area (Å²) in [5.41, 5.74) is -2.78. The molecule has 2 fully saturated rings. The summed E-state index contributed by atoms with van der Waals surface area (Å²) in [6, 6.07) is 13.9. The van der Waals surface area contributed by atoms with E-state index in [0.717, 1.165) is 30.5 Å². The maximum atomic E-state index is 14.5. The fourth-order valence-electron chi connectivity index (χ4n) is 5.61. The molecule has 0 bridgehead atoms.